The van der Waals surface area contributed by atoms with Crippen LogP contribution in [-0.4, -0.2) is 33.0 Å². The fourth-order valence-electron chi connectivity index (χ4n) is 1.77. The Labute approximate surface area is 86.6 Å². The lowest BCUT2D eigenvalue weighted by molar-refractivity contribution is -0.389. The van der Waals surface area contributed by atoms with Crippen molar-refractivity contribution in [2.75, 3.05) is 13.1 Å². The van der Waals surface area contributed by atoms with Gasteiger partial charge in [0.05, 0.1) is 11.6 Å². The average Bonchev–Trinajstić information content (AvgIpc) is 2.68. The SMILES string of the molecule is O=[N+]([O-])c1cnn(CC2CCCNC2)n1. The van der Waals surface area contributed by atoms with Crippen LogP contribution in [0.25, 0.3) is 0 Å². The monoisotopic (exact) mass is 211 g/mol. The first-order chi connectivity index (χ1) is 7.25. The maximum absolute atomic E-state index is 10.4. The van der Waals surface area contributed by atoms with E-state index in [2.05, 4.69) is 15.5 Å². The van der Waals surface area contributed by atoms with E-state index in [1.54, 1.807) is 0 Å². The van der Waals surface area contributed by atoms with Gasteiger partial charge in [0, 0.05) is 0 Å². The Hall–Kier alpha value is -1.50. The Bertz CT molecular complexity index is 345. The first-order valence-electron chi connectivity index (χ1n) is 5.01. The summed E-state index contributed by atoms with van der Waals surface area (Å²) < 4.78 is 0. The van der Waals surface area contributed by atoms with Crippen LogP contribution in [0, 0.1) is 16.0 Å². The summed E-state index contributed by atoms with van der Waals surface area (Å²) >= 11 is 0. The van der Waals surface area contributed by atoms with Gasteiger partial charge in [0.1, 0.15) is 0 Å². The molecule has 82 valence electrons. The molecule has 1 fully saturated rings. The van der Waals surface area contributed by atoms with Gasteiger partial charge in [0.25, 0.3) is 0 Å². The molecule has 0 radical (unpaired) electrons. The molecule has 7 heteroatoms. The topological polar surface area (TPSA) is 85.9 Å². The lowest BCUT2D eigenvalue weighted by Gasteiger charge is -2.20. The Kier molecular flexibility index (Phi) is 2.91. The number of nitrogens with one attached hydrogen (secondary N) is 1. The van der Waals surface area contributed by atoms with Crippen LogP contribution in [0.4, 0.5) is 5.82 Å². The van der Waals surface area contributed by atoms with Gasteiger partial charge in [-0.1, -0.05) is 4.80 Å². The standard InChI is InChI=1S/C8H13N5O2/c14-13(15)8-5-10-12(11-8)6-7-2-1-3-9-4-7/h5,7,9H,1-4,6H2. The number of piperidine rings is 1. The zero-order chi connectivity index (χ0) is 10.7. The van der Waals surface area contributed by atoms with Gasteiger partial charge >= 0.3 is 5.82 Å². The Morgan fingerprint density at radius 3 is 3.20 bits per heavy atom. The van der Waals surface area contributed by atoms with E-state index in [1.807, 2.05) is 0 Å². The predicted octanol–water partition coefficient (Wildman–Crippen LogP) is 0.186. The van der Waals surface area contributed by atoms with E-state index in [0.717, 1.165) is 25.9 Å². The second kappa shape index (κ2) is 4.35. The largest absolute Gasteiger partial charge is 0.410 e. The van der Waals surface area contributed by atoms with E-state index in [4.69, 9.17) is 0 Å². The van der Waals surface area contributed by atoms with Crippen molar-refractivity contribution in [1.29, 1.82) is 0 Å². The number of aromatic nitrogens is 3. The van der Waals surface area contributed by atoms with Crippen molar-refractivity contribution in [3.8, 4) is 0 Å². The molecule has 1 saturated heterocycles. The summed E-state index contributed by atoms with van der Waals surface area (Å²) in [7, 11) is 0. The molecule has 0 bridgehead atoms. The Balaban J connectivity index is 1.94. The summed E-state index contributed by atoms with van der Waals surface area (Å²) in [5.74, 6) is 0.296. The summed E-state index contributed by atoms with van der Waals surface area (Å²) in [4.78, 5) is 11.3. The summed E-state index contributed by atoms with van der Waals surface area (Å²) in [6.45, 7) is 2.65. The summed E-state index contributed by atoms with van der Waals surface area (Å²) in [6, 6.07) is 0. The fourth-order valence-corrected chi connectivity index (χ4v) is 1.77. The van der Waals surface area contributed by atoms with E-state index in [-0.39, 0.29) is 5.82 Å². The van der Waals surface area contributed by atoms with Crippen molar-refractivity contribution in [2.24, 2.45) is 5.92 Å². The van der Waals surface area contributed by atoms with Crippen LogP contribution in [0.1, 0.15) is 12.8 Å². The fraction of sp³-hybridized carbons (Fsp3) is 0.750. The first kappa shape index (κ1) is 10.0. The van der Waals surface area contributed by atoms with Crippen LogP contribution >= 0.6 is 0 Å². The van der Waals surface area contributed by atoms with Gasteiger partial charge < -0.3 is 15.4 Å². The van der Waals surface area contributed by atoms with E-state index in [9.17, 15) is 10.1 Å². The third-order valence-corrected chi connectivity index (χ3v) is 2.53. The smallest absolute Gasteiger partial charge is 0.358 e. The maximum Gasteiger partial charge on any atom is 0.410 e. The van der Waals surface area contributed by atoms with Crippen molar-refractivity contribution in [1.82, 2.24) is 20.3 Å². The molecule has 0 aliphatic carbocycles. The molecule has 0 saturated carbocycles. The summed E-state index contributed by atoms with van der Waals surface area (Å²) in [5.41, 5.74) is 0. The molecular formula is C8H13N5O2. The van der Waals surface area contributed by atoms with Gasteiger partial charge in [-0.2, -0.15) is 0 Å². The number of nitro groups is 1. The lowest BCUT2D eigenvalue weighted by atomic mass is 10.0. The van der Waals surface area contributed by atoms with E-state index < -0.39 is 4.92 Å². The summed E-state index contributed by atoms with van der Waals surface area (Å²) in [6.07, 6.45) is 3.46. The lowest BCUT2D eigenvalue weighted by Crippen LogP contribution is -2.32. The van der Waals surface area contributed by atoms with Crippen LogP contribution in [0.2, 0.25) is 0 Å². The van der Waals surface area contributed by atoms with Crippen LogP contribution in [0.15, 0.2) is 6.20 Å². The highest BCUT2D eigenvalue weighted by Gasteiger charge is 2.18. The Morgan fingerprint density at radius 2 is 2.60 bits per heavy atom. The minimum Gasteiger partial charge on any atom is -0.358 e. The molecule has 1 aliphatic rings. The van der Waals surface area contributed by atoms with Crippen molar-refractivity contribution >= 4 is 5.82 Å². The normalized spacial score (nSPS) is 21.5. The van der Waals surface area contributed by atoms with E-state index >= 15 is 0 Å². The minimum atomic E-state index is -0.525. The Morgan fingerprint density at radius 1 is 1.73 bits per heavy atom. The minimum absolute atomic E-state index is 0.182. The molecule has 0 aromatic carbocycles. The third-order valence-electron chi connectivity index (χ3n) is 2.53. The van der Waals surface area contributed by atoms with Gasteiger partial charge in [-0.25, -0.2) is 0 Å². The highest BCUT2D eigenvalue weighted by Crippen LogP contribution is 2.12. The van der Waals surface area contributed by atoms with Crippen LogP contribution in [-0.2, 0) is 6.54 Å². The molecular weight excluding hydrogens is 198 g/mol. The van der Waals surface area contributed by atoms with Gasteiger partial charge in [0.2, 0.25) is 0 Å². The number of hydrogen-bond donors (Lipinski definition) is 1. The highest BCUT2D eigenvalue weighted by atomic mass is 16.6. The van der Waals surface area contributed by atoms with Crippen LogP contribution in [0.5, 0.6) is 0 Å². The van der Waals surface area contributed by atoms with Crippen LogP contribution < -0.4 is 5.32 Å². The van der Waals surface area contributed by atoms with Gasteiger partial charge in [-0.15, -0.1) is 5.10 Å². The van der Waals surface area contributed by atoms with E-state index in [0.29, 0.717) is 12.5 Å². The molecule has 7 nitrogen and oxygen atoms in total. The van der Waals surface area contributed by atoms with Crippen molar-refractivity contribution < 1.29 is 4.92 Å². The molecule has 1 atom stereocenters. The summed E-state index contributed by atoms with van der Waals surface area (Å²) in [5, 5.41) is 21.3. The first-order valence-corrected chi connectivity index (χ1v) is 5.01. The zero-order valence-corrected chi connectivity index (χ0v) is 8.30. The molecule has 1 N–H and O–H groups in total. The van der Waals surface area contributed by atoms with Gasteiger partial charge in [-0.05, 0) is 36.8 Å². The molecule has 1 aromatic rings. The average molecular weight is 211 g/mol. The zero-order valence-electron chi connectivity index (χ0n) is 8.30. The second-order valence-electron chi connectivity index (χ2n) is 3.73. The number of rotatable bonds is 3. The molecule has 1 aliphatic heterocycles. The molecule has 0 amide bonds. The molecule has 0 spiro atoms. The predicted molar refractivity (Wildman–Crippen MR) is 52.3 cm³/mol. The van der Waals surface area contributed by atoms with Gasteiger partial charge in [-0.3, -0.25) is 0 Å². The van der Waals surface area contributed by atoms with Crippen LogP contribution in [0.3, 0.4) is 0 Å². The molecule has 1 aromatic heterocycles. The highest BCUT2D eigenvalue weighted by molar-refractivity contribution is 5.07. The molecule has 2 heterocycles. The number of nitrogens with zero attached hydrogens (tertiary/aromatic N) is 4. The second-order valence-corrected chi connectivity index (χ2v) is 3.73. The van der Waals surface area contributed by atoms with Crippen molar-refractivity contribution in [2.45, 2.75) is 19.4 Å². The van der Waals surface area contributed by atoms with Crippen molar-refractivity contribution in [3.05, 3.63) is 16.3 Å². The number of hydrogen-bond acceptors (Lipinski definition) is 5. The molecule has 1 unspecified atom stereocenters. The maximum atomic E-state index is 10.4. The third kappa shape index (κ3) is 2.50. The van der Waals surface area contributed by atoms with Crippen molar-refractivity contribution in [3.63, 3.8) is 0 Å². The quantitative estimate of drug-likeness (QED) is 0.569. The molecule has 15 heavy (non-hydrogen) atoms. The molecule has 2 rings (SSSR count). The van der Waals surface area contributed by atoms with Gasteiger partial charge in [0.15, 0.2) is 6.20 Å². The van der Waals surface area contributed by atoms with E-state index in [1.165, 1.54) is 11.0 Å².